The molecule has 0 bridgehead atoms. The Hall–Kier alpha value is -1.08. The summed E-state index contributed by atoms with van der Waals surface area (Å²) >= 11 is 5.86. The van der Waals surface area contributed by atoms with Crippen molar-refractivity contribution in [1.82, 2.24) is 10.3 Å². The van der Waals surface area contributed by atoms with Crippen LogP contribution in [0.3, 0.4) is 0 Å². The molecule has 1 aliphatic carbocycles. The second-order valence-electron chi connectivity index (χ2n) is 7.75. The molecule has 1 aliphatic heterocycles. The monoisotopic (exact) mass is 487 g/mol. The molecule has 0 radical (unpaired) electrons. The summed E-state index contributed by atoms with van der Waals surface area (Å²) in [4.78, 5) is 14.7. The lowest BCUT2D eigenvalue weighted by atomic mass is 9.78. The van der Waals surface area contributed by atoms with E-state index in [-0.39, 0.29) is 35.3 Å². The van der Waals surface area contributed by atoms with Crippen molar-refractivity contribution in [3.8, 4) is 0 Å². The molecule has 0 aromatic heterocycles. The molecule has 1 fully saturated rings. The molecule has 4 nitrogen and oxygen atoms in total. The summed E-state index contributed by atoms with van der Waals surface area (Å²) in [6.45, 7) is 6.79. The standard InChI is InChI=1S/C20H26ClN3O.HI/c1-20(2)13-17(12-18(14-20)24-10-4-3-5-11-24)22-23-19(25)15-6-8-16(21)9-7-15;/h6-9,12H,3-5,10-11,13-14H2,1-2H3,(H,23,25);1H. The van der Waals surface area contributed by atoms with Crippen molar-refractivity contribution in [1.29, 1.82) is 0 Å². The molecule has 142 valence electrons. The fourth-order valence-corrected chi connectivity index (χ4v) is 3.71. The van der Waals surface area contributed by atoms with Crippen LogP contribution in [-0.4, -0.2) is 29.6 Å². The highest BCUT2D eigenvalue weighted by atomic mass is 127. The van der Waals surface area contributed by atoms with Gasteiger partial charge in [-0.15, -0.1) is 24.0 Å². The first-order valence-corrected chi connectivity index (χ1v) is 9.39. The third-order valence-corrected chi connectivity index (χ3v) is 5.07. The van der Waals surface area contributed by atoms with Crippen LogP contribution in [0.25, 0.3) is 0 Å². The number of hydrazone groups is 1. The van der Waals surface area contributed by atoms with Gasteiger partial charge >= 0.3 is 0 Å². The summed E-state index contributed by atoms with van der Waals surface area (Å²) in [5, 5.41) is 5.02. The lowest BCUT2D eigenvalue weighted by Crippen LogP contribution is -2.35. The van der Waals surface area contributed by atoms with Crippen LogP contribution in [0.15, 0.2) is 41.1 Å². The summed E-state index contributed by atoms with van der Waals surface area (Å²) in [6, 6.07) is 6.83. The van der Waals surface area contributed by atoms with Crippen LogP contribution in [0.2, 0.25) is 5.02 Å². The van der Waals surface area contributed by atoms with Gasteiger partial charge in [-0.1, -0.05) is 25.4 Å². The molecule has 1 saturated heterocycles. The van der Waals surface area contributed by atoms with Gasteiger partial charge in [-0.25, -0.2) is 5.43 Å². The first kappa shape index (κ1) is 21.2. The first-order chi connectivity index (χ1) is 11.9. The van der Waals surface area contributed by atoms with E-state index in [1.165, 1.54) is 25.0 Å². The fourth-order valence-electron chi connectivity index (χ4n) is 3.58. The van der Waals surface area contributed by atoms with Gasteiger partial charge in [0.2, 0.25) is 0 Å². The van der Waals surface area contributed by atoms with E-state index in [9.17, 15) is 4.79 Å². The third kappa shape index (κ3) is 5.71. The van der Waals surface area contributed by atoms with Crippen molar-refractivity contribution in [3.63, 3.8) is 0 Å². The zero-order valence-electron chi connectivity index (χ0n) is 15.4. The lowest BCUT2D eigenvalue weighted by Gasteiger charge is -2.38. The number of rotatable bonds is 3. The Balaban J connectivity index is 0.00000243. The summed E-state index contributed by atoms with van der Waals surface area (Å²) < 4.78 is 0. The van der Waals surface area contributed by atoms with Crippen molar-refractivity contribution in [3.05, 3.63) is 46.6 Å². The average Bonchev–Trinajstić information content (AvgIpc) is 2.60. The molecule has 1 aromatic rings. The summed E-state index contributed by atoms with van der Waals surface area (Å²) in [5.74, 6) is -0.208. The summed E-state index contributed by atoms with van der Waals surface area (Å²) in [5.41, 5.74) is 5.71. The number of likely N-dealkylation sites (tertiary alicyclic amines) is 1. The molecule has 6 heteroatoms. The number of nitrogens with zero attached hydrogens (tertiary/aromatic N) is 2. The van der Waals surface area contributed by atoms with Crippen LogP contribution in [0.4, 0.5) is 0 Å². The second kappa shape index (κ2) is 9.22. The van der Waals surface area contributed by atoms with E-state index in [1.807, 2.05) is 0 Å². The lowest BCUT2D eigenvalue weighted by molar-refractivity contribution is 0.0954. The van der Waals surface area contributed by atoms with Gasteiger partial charge in [0.25, 0.3) is 5.91 Å². The molecule has 0 unspecified atom stereocenters. The summed E-state index contributed by atoms with van der Waals surface area (Å²) in [7, 11) is 0. The minimum Gasteiger partial charge on any atom is -0.375 e. The molecule has 3 rings (SSSR count). The van der Waals surface area contributed by atoms with Gasteiger partial charge in [0.05, 0.1) is 5.71 Å². The number of amides is 1. The number of carbonyl (C=O) groups is 1. The van der Waals surface area contributed by atoms with Crippen LogP contribution < -0.4 is 5.43 Å². The normalized spacial score (nSPS) is 21.0. The van der Waals surface area contributed by atoms with Crippen molar-refractivity contribution < 1.29 is 4.79 Å². The number of halogens is 2. The van der Waals surface area contributed by atoms with Gasteiger partial charge in [-0.05, 0) is 67.9 Å². The number of hydrogen-bond donors (Lipinski definition) is 1. The zero-order chi connectivity index (χ0) is 17.9. The molecular formula is C20H27ClIN3O. The number of benzene rings is 1. The zero-order valence-corrected chi connectivity index (χ0v) is 18.5. The van der Waals surface area contributed by atoms with Crippen molar-refractivity contribution in [2.75, 3.05) is 13.1 Å². The van der Waals surface area contributed by atoms with Gasteiger partial charge < -0.3 is 4.90 Å². The smallest absolute Gasteiger partial charge is 0.271 e. The van der Waals surface area contributed by atoms with Crippen LogP contribution in [0.5, 0.6) is 0 Å². The van der Waals surface area contributed by atoms with E-state index < -0.39 is 0 Å². The van der Waals surface area contributed by atoms with E-state index in [0.717, 1.165) is 31.6 Å². The van der Waals surface area contributed by atoms with Crippen molar-refractivity contribution in [2.24, 2.45) is 10.5 Å². The van der Waals surface area contributed by atoms with Crippen LogP contribution >= 0.6 is 35.6 Å². The van der Waals surface area contributed by atoms with Gasteiger partial charge in [-0.3, -0.25) is 4.79 Å². The third-order valence-electron chi connectivity index (χ3n) is 4.82. The maximum atomic E-state index is 12.3. The molecule has 1 heterocycles. The molecule has 1 amide bonds. The number of nitrogens with one attached hydrogen (secondary N) is 1. The topological polar surface area (TPSA) is 44.7 Å². The van der Waals surface area contributed by atoms with Crippen molar-refractivity contribution in [2.45, 2.75) is 46.0 Å². The van der Waals surface area contributed by atoms with E-state index >= 15 is 0 Å². The predicted octanol–water partition coefficient (Wildman–Crippen LogP) is 5.23. The van der Waals surface area contributed by atoms with E-state index in [0.29, 0.717) is 10.6 Å². The second-order valence-corrected chi connectivity index (χ2v) is 8.19. The maximum Gasteiger partial charge on any atom is 0.271 e. The predicted molar refractivity (Wildman–Crippen MR) is 118 cm³/mol. The van der Waals surface area contributed by atoms with Gasteiger partial charge in [-0.2, -0.15) is 5.10 Å². The van der Waals surface area contributed by atoms with Gasteiger partial charge in [0.15, 0.2) is 0 Å². The van der Waals surface area contributed by atoms with Gasteiger partial charge in [0.1, 0.15) is 0 Å². The SMILES string of the molecule is CC1(C)CC(N2CCCCC2)=CC(=NNC(=O)c2ccc(Cl)cc2)C1.I. The highest BCUT2D eigenvalue weighted by molar-refractivity contribution is 14.0. The highest BCUT2D eigenvalue weighted by Gasteiger charge is 2.29. The minimum absolute atomic E-state index is 0. The van der Waals surface area contributed by atoms with Gasteiger partial charge in [0, 0.05) is 29.4 Å². The van der Waals surface area contributed by atoms with Crippen molar-refractivity contribution >= 4 is 47.2 Å². The van der Waals surface area contributed by atoms with Crippen LogP contribution in [0, 0.1) is 5.41 Å². The highest BCUT2D eigenvalue weighted by Crippen LogP contribution is 2.36. The Morgan fingerprint density at radius 3 is 2.42 bits per heavy atom. The fraction of sp³-hybridized carbons (Fsp3) is 0.500. The molecule has 2 aliphatic rings. The van der Waals surface area contributed by atoms with E-state index in [2.05, 4.69) is 35.4 Å². The minimum atomic E-state index is -0.208. The molecule has 26 heavy (non-hydrogen) atoms. The van der Waals surface area contributed by atoms with Crippen LogP contribution in [-0.2, 0) is 0 Å². The number of allylic oxidation sites excluding steroid dienone is 2. The Labute approximate surface area is 178 Å². The van der Waals surface area contributed by atoms with E-state index in [1.54, 1.807) is 24.3 Å². The molecule has 1 aromatic carbocycles. The molecule has 0 saturated carbocycles. The Morgan fingerprint density at radius 2 is 1.77 bits per heavy atom. The average molecular weight is 488 g/mol. The maximum absolute atomic E-state index is 12.3. The first-order valence-electron chi connectivity index (χ1n) is 9.01. The van der Waals surface area contributed by atoms with Crippen LogP contribution in [0.1, 0.15) is 56.3 Å². The number of hydrogen-bond acceptors (Lipinski definition) is 3. The number of carbonyl (C=O) groups excluding carboxylic acids is 1. The Bertz CT molecular complexity index is 692. The number of piperidine rings is 1. The molecule has 0 spiro atoms. The quantitative estimate of drug-likeness (QED) is 0.468. The summed E-state index contributed by atoms with van der Waals surface area (Å²) in [6.07, 6.45) is 7.95. The van der Waals surface area contributed by atoms with E-state index in [4.69, 9.17) is 11.6 Å². The molecule has 1 N–H and O–H groups in total. The largest absolute Gasteiger partial charge is 0.375 e. The Morgan fingerprint density at radius 1 is 1.12 bits per heavy atom. The Kier molecular flexibility index (Phi) is 7.52. The molecular weight excluding hydrogens is 461 g/mol. The molecule has 0 atom stereocenters.